The van der Waals surface area contributed by atoms with Crippen molar-refractivity contribution in [3.05, 3.63) is 36.4 Å². The molecule has 25 heavy (non-hydrogen) atoms. The maximum atomic E-state index is 12.0. The summed E-state index contributed by atoms with van der Waals surface area (Å²) in [7, 11) is 0. The first kappa shape index (κ1) is 18.3. The number of anilines is 3. The molecule has 0 saturated heterocycles. The summed E-state index contributed by atoms with van der Waals surface area (Å²) in [4.78, 5) is 27.2. The van der Waals surface area contributed by atoms with Crippen LogP contribution in [0.2, 0.25) is 0 Å². The molecule has 1 heterocycles. The molecule has 4 N–H and O–H groups in total. The number of pyridine rings is 1. The molecule has 0 fully saturated rings. The van der Waals surface area contributed by atoms with E-state index < -0.39 is 5.41 Å². The average Bonchev–Trinajstić information content (AvgIpc) is 2.50. The van der Waals surface area contributed by atoms with E-state index in [1.807, 2.05) is 20.8 Å². The van der Waals surface area contributed by atoms with E-state index >= 15 is 0 Å². The molecule has 2 rings (SSSR count). The molecule has 0 aliphatic heterocycles. The monoisotopic (exact) mass is 342 g/mol. The van der Waals surface area contributed by atoms with Gasteiger partial charge in [0.2, 0.25) is 17.7 Å². The number of carbonyl (C=O) groups is 2. The highest BCUT2D eigenvalue weighted by Gasteiger charge is 2.22. The van der Waals surface area contributed by atoms with E-state index in [2.05, 4.69) is 15.6 Å². The van der Waals surface area contributed by atoms with E-state index in [-0.39, 0.29) is 17.6 Å². The van der Waals surface area contributed by atoms with Gasteiger partial charge in [-0.3, -0.25) is 9.59 Å². The van der Waals surface area contributed by atoms with Gasteiger partial charge in [-0.2, -0.15) is 4.98 Å². The summed E-state index contributed by atoms with van der Waals surface area (Å²) in [5.74, 6) is 0.732. The molecule has 7 nitrogen and oxygen atoms in total. The second-order valence-corrected chi connectivity index (χ2v) is 6.59. The molecule has 0 bridgehead atoms. The Kier molecular flexibility index (Phi) is 5.26. The van der Waals surface area contributed by atoms with Crippen LogP contribution in [0.1, 0.15) is 27.7 Å². The molecular formula is C18H22N4O3. The van der Waals surface area contributed by atoms with Crippen molar-refractivity contribution < 1.29 is 14.3 Å². The van der Waals surface area contributed by atoms with Crippen molar-refractivity contribution in [1.29, 1.82) is 0 Å². The van der Waals surface area contributed by atoms with Crippen LogP contribution in [0.15, 0.2) is 36.4 Å². The number of hydrogen-bond acceptors (Lipinski definition) is 5. The number of hydrogen-bond donors (Lipinski definition) is 3. The first-order valence-corrected chi connectivity index (χ1v) is 7.78. The molecular weight excluding hydrogens is 320 g/mol. The van der Waals surface area contributed by atoms with Crippen molar-refractivity contribution in [2.24, 2.45) is 5.41 Å². The fraction of sp³-hybridized carbons (Fsp3) is 0.278. The molecule has 0 unspecified atom stereocenters. The summed E-state index contributed by atoms with van der Waals surface area (Å²) in [6.45, 7) is 6.88. The molecule has 1 aromatic heterocycles. The van der Waals surface area contributed by atoms with Crippen LogP contribution in [0, 0.1) is 5.41 Å². The van der Waals surface area contributed by atoms with E-state index in [0.717, 1.165) is 0 Å². The number of nitrogens with zero attached hydrogens (tertiary/aromatic N) is 1. The van der Waals surface area contributed by atoms with Crippen LogP contribution in [-0.2, 0) is 9.59 Å². The molecule has 0 aliphatic carbocycles. The Morgan fingerprint density at radius 3 is 2.20 bits per heavy atom. The van der Waals surface area contributed by atoms with E-state index in [4.69, 9.17) is 10.5 Å². The van der Waals surface area contributed by atoms with Crippen molar-refractivity contribution in [2.45, 2.75) is 27.7 Å². The lowest BCUT2D eigenvalue weighted by atomic mass is 9.95. The Morgan fingerprint density at radius 2 is 1.68 bits per heavy atom. The molecule has 1 aromatic carbocycles. The van der Waals surface area contributed by atoms with Gasteiger partial charge in [0.15, 0.2) is 5.82 Å². The van der Waals surface area contributed by atoms with Crippen LogP contribution in [0.4, 0.5) is 17.2 Å². The molecule has 0 aliphatic rings. The van der Waals surface area contributed by atoms with Gasteiger partial charge >= 0.3 is 0 Å². The second kappa shape index (κ2) is 7.21. The number of benzene rings is 1. The van der Waals surface area contributed by atoms with Gasteiger partial charge in [0.05, 0.1) is 5.69 Å². The summed E-state index contributed by atoms with van der Waals surface area (Å²) >= 11 is 0. The Balaban J connectivity index is 2.07. The van der Waals surface area contributed by atoms with E-state index in [1.54, 1.807) is 36.4 Å². The lowest BCUT2D eigenvalue weighted by Crippen LogP contribution is -2.28. The summed E-state index contributed by atoms with van der Waals surface area (Å²) in [6, 6.07) is 10.1. The Labute approximate surface area is 146 Å². The standard InChI is InChI=1S/C18H22N4O3/c1-11(23)20-12-5-7-13(8-6-12)25-15-10-9-14(16(19)22-15)21-17(24)18(2,3)4/h5-10H,1-4H3,(H2,19,22)(H,20,23)(H,21,24). The maximum absolute atomic E-state index is 12.0. The number of nitrogen functional groups attached to an aromatic ring is 1. The summed E-state index contributed by atoms with van der Waals surface area (Å²) in [5, 5.41) is 5.42. The first-order valence-electron chi connectivity index (χ1n) is 7.78. The van der Waals surface area contributed by atoms with E-state index in [9.17, 15) is 9.59 Å². The van der Waals surface area contributed by atoms with E-state index in [0.29, 0.717) is 23.0 Å². The number of carbonyl (C=O) groups excluding carboxylic acids is 2. The predicted octanol–water partition coefficient (Wildman–Crippen LogP) is 3.40. The summed E-state index contributed by atoms with van der Waals surface area (Å²) < 4.78 is 5.63. The van der Waals surface area contributed by atoms with Crippen LogP contribution >= 0.6 is 0 Å². The molecule has 0 atom stereocenters. The minimum absolute atomic E-state index is 0.143. The zero-order valence-electron chi connectivity index (χ0n) is 14.7. The third-order valence-electron chi connectivity index (χ3n) is 3.23. The van der Waals surface area contributed by atoms with Crippen LogP contribution in [0.3, 0.4) is 0 Å². The lowest BCUT2D eigenvalue weighted by molar-refractivity contribution is -0.123. The fourth-order valence-electron chi connectivity index (χ4n) is 1.86. The van der Waals surface area contributed by atoms with Crippen LogP contribution in [0.5, 0.6) is 11.6 Å². The zero-order chi connectivity index (χ0) is 18.6. The topological polar surface area (TPSA) is 106 Å². The highest BCUT2D eigenvalue weighted by atomic mass is 16.5. The molecule has 2 aromatic rings. The van der Waals surface area contributed by atoms with Crippen LogP contribution in [-0.4, -0.2) is 16.8 Å². The van der Waals surface area contributed by atoms with Gasteiger partial charge in [-0.25, -0.2) is 0 Å². The van der Waals surface area contributed by atoms with Gasteiger partial charge in [0, 0.05) is 24.1 Å². The minimum atomic E-state index is -0.530. The van der Waals surface area contributed by atoms with Gasteiger partial charge in [-0.15, -0.1) is 0 Å². The SMILES string of the molecule is CC(=O)Nc1ccc(Oc2ccc(NC(=O)C(C)(C)C)c(N)n2)cc1. The van der Waals surface area contributed by atoms with Crippen molar-refractivity contribution in [3.8, 4) is 11.6 Å². The van der Waals surface area contributed by atoms with Gasteiger partial charge in [-0.1, -0.05) is 20.8 Å². The average molecular weight is 342 g/mol. The van der Waals surface area contributed by atoms with Crippen LogP contribution < -0.4 is 21.1 Å². The first-order chi connectivity index (χ1) is 11.6. The quantitative estimate of drug-likeness (QED) is 0.789. The predicted molar refractivity (Wildman–Crippen MR) is 97.6 cm³/mol. The summed E-state index contributed by atoms with van der Waals surface area (Å²) in [6.07, 6.45) is 0. The second-order valence-electron chi connectivity index (χ2n) is 6.59. The number of ether oxygens (including phenoxy) is 1. The van der Waals surface area contributed by atoms with Gasteiger partial charge < -0.3 is 21.1 Å². The van der Waals surface area contributed by atoms with Crippen molar-refractivity contribution in [3.63, 3.8) is 0 Å². The number of nitrogens with two attached hydrogens (primary N) is 1. The van der Waals surface area contributed by atoms with Gasteiger partial charge in [-0.05, 0) is 30.3 Å². The molecule has 7 heteroatoms. The molecule has 0 radical (unpaired) electrons. The van der Waals surface area contributed by atoms with Gasteiger partial charge in [0.25, 0.3) is 0 Å². The highest BCUT2D eigenvalue weighted by molar-refractivity contribution is 5.96. The largest absolute Gasteiger partial charge is 0.439 e. The van der Waals surface area contributed by atoms with Gasteiger partial charge in [0.1, 0.15) is 5.75 Å². The van der Waals surface area contributed by atoms with Crippen LogP contribution in [0.25, 0.3) is 0 Å². The van der Waals surface area contributed by atoms with Crippen molar-refractivity contribution in [1.82, 2.24) is 4.98 Å². The zero-order valence-corrected chi connectivity index (χ0v) is 14.7. The van der Waals surface area contributed by atoms with E-state index in [1.165, 1.54) is 6.92 Å². The third-order valence-corrected chi connectivity index (χ3v) is 3.23. The minimum Gasteiger partial charge on any atom is -0.439 e. The number of aromatic nitrogens is 1. The molecule has 132 valence electrons. The van der Waals surface area contributed by atoms with Crippen molar-refractivity contribution in [2.75, 3.05) is 16.4 Å². The Hall–Kier alpha value is -3.09. The molecule has 0 spiro atoms. The molecule has 2 amide bonds. The van der Waals surface area contributed by atoms with Crippen molar-refractivity contribution >= 4 is 29.0 Å². The smallest absolute Gasteiger partial charge is 0.229 e. The summed E-state index contributed by atoms with van der Waals surface area (Å²) in [5.41, 5.74) is 6.47. The fourth-order valence-corrected chi connectivity index (χ4v) is 1.86. The lowest BCUT2D eigenvalue weighted by Gasteiger charge is -2.18. The highest BCUT2D eigenvalue weighted by Crippen LogP contribution is 2.26. The number of nitrogens with one attached hydrogen (secondary N) is 2. The maximum Gasteiger partial charge on any atom is 0.229 e. The third kappa shape index (κ3) is 5.20. The Morgan fingerprint density at radius 1 is 1.04 bits per heavy atom. The Bertz CT molecular complexity index is 780. The normalized spacial score (nSPS) is 10.9. The molecule has 0 saturated carbocycles. The number of amides is 2. The number of rotatable bonds is 4.